The van der Waals surface area contributed by atoms with Crippen LogP contribution in [0.4, 0.5) is 0 Å². The standard InChI is InChI=1S/C19H20N2O4S/c1-3-9-25-13-7-5-12(6-8-13)14-10-26-17-16(14)18(22)21(11-20-17)15(4-2)19(23)24/h5-8,10-11,15H,3-4,9H2,1-2H3,(H,23,24)/p-1/t15-/m1/s1. The number of carboxylic acids is 1. The van der Waals surface area contributed by atoms with Gasteiger partial charge in [-0.1, -0.05) is 26.0 Å². The van der Waals surface area contributed by atoms with Crippen LogP contribution in [-0.4, -0.2) is 22.1 Å². The summed E-state index contributed by atoms with van der Waals surface area (Å²) in [7, 11) is 0. The number of nitrogens with zero attached hydrogens (tertiary/aromatic N) is 2. The maximum Gasteiger partial charge on any atom is 0.263 e. The van der Waals surface area contributed by atoms with Gasteiger partial charge in [0.05, 0.1) is 30.3 Å². The van der Waals surface area contributed by atoms with Gasteiger partial charge in [-0.05, 0) is 30.5 Å². The van der Waals surface area contributed by atoms with Crippen molar-refractivity contribution in [1.29, 1.82) is 0 Å². The van der Waals surface area contributed by atoms with Crippen molar-refractivity contribution in [2.24, 2.45) is 0 Å². The van der Waals surface area contributed by atoms with Crippen molar-refractivity contribution in [2.45, 2.75) is 32.7 Å². The Balaban J connectivity index is 2.07. The highest BCUT2D eigenvalue weighted by molar-refractivity contribution is 7.17. The zero-order chi connectivity index (χ0) is 18.7. The van der Waals surface area contributed by atoms with Crippen molar-refractivity contribution in [3.05, 3.63) is 46.3 Å². The maximum atomic E-state index is 12.9. The van der Waals surface area contributed by atoms with Crippen LogP contribution in [0.2, 0.25) is 0 Å². The largest absolute Gasteiger partial charge is 0.548 e. The number of ether oxygens (including phenoxy) is 1. The third-order valence-corrected chi connectivity index (χ3v) is 5.04. The molecule has 7 heteroatoms. The number of hydrogen-bond acceptors (Lipinski definition) is 6. The number of carboxylic acid groups (broad SMARTS) is 1. The average Bonchev–Trinajstić information content (AvgIpc) is 3.07. The molecule has 0 aliphatic rings. The van der Waals surface area contributed by atoms with Gasteiger partial charge in [-0.2, -0.15) is 0 Å². The molecule has 0 unspecified atom stereocenters. The van der Waals surface area contributed by atoms with Gasteiger partial charge in [-0.15, -0.1) is 11.3 Å². The molecular formula is C19H19N2O4S-. The van der Waals surface area contributed by atoms with Gasteiger partial charge in [-0.3, -0.25) is 9.36 Å². The fourth-order valence-corrected chi connectivity index (χ4v) is 3.71. The van der Waals surface area contributed by atoms with Crippen LogP contribution >= 0.6 is 11.3 Å². The summed E-state index contributed by atoms with van der Waals surface area (Å²) < 4.78 is 6.73. The Morgan fingerprint density at radius 3 is 2.65 bits per heavy atom. The van der Waals surface area contributed by atoms with E-state index in [0.29, 0.717) is 16.8 Å². The third-order valence-electron chi connectivity index (χ3n) is 4.15. The predicted molar refractivity (Wildman–Crippen MR) is 99.4 cm³/mol. The van der Waals surface area contributed by atoms with Gasteiger partial charge in [0.25, 0.3) is 5.56 Å². The minimum atomic E-state index is -1.29. The van der Waals surface area contributed by atoms with Gasteiger partial charge < -0.3 is 14.6 Å². The van der Waals surface area contributed by atoms with Crippen molar-refractivity contribution in [3.63, 3.8) is 0 Å². The molecule has 0 aliphatic carbocycles. The highest BCUT2D eigenvalue weighted by Gasteiger charge is 2.18. The number of aromatic nitrogens is 2. The summed E-state index contributed by atoms with van der Waals surface area (Å²) in [5.74, 6) is -0.515. The van der Waals surface area contributed by atoms with Gasteiger partial charge in [-0.25, -0.2) is 4.98 Å². The lowest BCUT2D eigenvalue weighted by atomic mass is 10.1. The number of benzene rings is 1. The van der Waals surface area contributed by atoms with Crippen molar-refractivity contribution < 1.29 is 14.6 Å². The first kappa shape index (κ1) is 18.1. The molecule has 2 aromatic heterocycles. The van der Waals surface area contributed by atoms with Crippen LogP contribution in [0.25, 0.3) is 21.3 Å². The van der Waals surface area contributed by atoms with E-state index < -0.39 is 12.0 Å². The zero-order valence-electron chi connectivity index (χ0n) is 14.6. The van der Waals surface area contributed by atoms with Crippen LogP contribution in [0.15, 0.2) is 40.8 Å². The minimum Gasteiger partial charge on any atom is -0.548 e. The van der Waals surface area contributed by atoms with Gasteiger partial charge in [0, 0.05) is 10.9 Å². The Bertz CT molecular complexity index is 975. The molecule has 0 N–H and O–H groups in total. The number of rotatable bonds is 7. The summed E-state index contributed by atoms with van der Waals surface area (Å²) in [5, 5.41) is 13.6. The second-order valence-corrected chi connectivity index (χ2v) is 6.76. The summed E-state index contributed by atoms with van der Waals surface area (Å²) in [4.78, 5) is 29.1. The normalized spacial score (nSPS) is 12.2. The molecule has 3 aromatic rings. The SMILES string of the molecule is CCCOc1ccc(-c2csc3ncn([C@H](CC)C(=O)[O-])c(=O)c23)cc1. The van der Waals surface area contributed by atoms with E-state index in [0.717, 1.165) is 27.9 Å². The van der Waals surface area contributed by atoms with Crippen LogP contribution in [0.5, 0.6) is 5.75 Å². The number of aliphatic carboxylic acids is 1. The molecule has 3 rings (SSSR count). The lowest BCUT2D eigenvalue weighted by Crippen LogP contribution is -2.37. The van der Waals surface area contributed by atoms with Crippen LogP contribution in [-0.2, 0) is 4.79 Å². The summed E-state index contributed by atoms with van der Waals surface area (Å²) in [6.07, 6.45) is 2.47. The fourth-order valence-electron chi connectivity index (χ4n) is 2.81. The van der Waals surface area contributed by atoms with E-state index in [9.17, 15) is 14.7 Å². The highest BCUT2D eigenvalue weighted by atomic mass is 32.1. The first-order valence-electron chi connectivity index (χ1n) is 8.49. The number of thiophene rings is 1. The van der Waals surface area contributed by atoms with Crippen molar-refractivity contribution in [2.75, 3.05) is 6.61 Å². The van der Waals surface area contributed by atoms with Crippen molar-refractivity contribution in [1.82, 2.24) is 9.55 Å². The van der Waals surface area contributed by atoms with E-state index in [-0.39, 0.29) is 12.0 Å². The topological polar surface area (TPSA) is 84.2 Å². The molecule has 0 fully saturated rings. The van der Waals surface area contributed by atoms with Gasteiger partial charge in [0.1, 0.15) is 10.6 Å². The number of hydrogen-bond donors (Lipinski definition) is 0. The van der Waals surface area contributed by atoms with E-state index in [1.165, 1.54) is 17.7 Å². The molecule has 136 valence electrons. The second kappa shape index (κ2) is 7.70. The van der Waals surface area contributed by atoms with Crippen LogP contribution in [0, 0.1) is 0 Å². The molecule has 2 heterocycles. The average molecular weight is 371 g/mol. The molecule has 1 aromatic carbocycles. The Morgan fingerprint density at radius 2 is 2.04 bits per heavy atom. The molecule has 26 heavy (non-hydrogen) atoms. The Morgan fingerprint density at radius 1 is 1.31 bits per heavy atom. The zero-order valence-corrected chi connectivity index (χ0v) is 15.4. The molecule has 0 aliphatic heterocycles. The van der Waals surface area contributed by atoms with Crippen molar-refractivity contribution in [3.8, 4) is 16.9 Å². The van der Waals surface area contributed by atoms with Gasteiger partial charge in [0.2, 0.25) is 0 Å². The molecule has 0 saturated heterocycles. The van der Waals surface area contributed by atoms with Crippen LogP contribution in [0.1, 0.15) is 32.7 Å². The van der Waals surface area contributed by atoms with E-state index in [4.69, 9.17) is 4.74 Å². The summed E-state index contributed by atoms with van der Waals surface area (Å²) >= 11 is 1.36. The second-order valence-electron chi connectivity index (χ2n) is 5.90. The molecule has 6 nitrogen and oxygen atoms in total. The molecule has 0 spiro atoms. The molecular weight excluding hydrogens is 352 g/mol. The lowest BCUT2D eigenvalue weighted by Gasteiger charge is -2.18. The quantitative estimate of drug-likeness (QED) is 0.637. The Hall–Kier alpha value is -2.67. The predicted octanol–water partition coefficient (Wildman–Crippen LogP) is 2.61. The smallest absolute Gasteiger partial charge is 0.263 e. The number of carbonyl (C=O) groups is 1. The maximum absolute atomic E-state index is 12.9. The summed E-state index contributed by atoms with van der Waals surface area (Å²) in [5.41, 5.74) is 1.24. The summed E-state index contributed by atoms with van der Waals surface area (Å²) in [6, 6.07) is 6.47. The fraction of sp³-hybridized carbons (Fsp3) is 0.316. The summed E-state index contributed by atoms with van der Waals surface area (Å²) in [6.45, 7) is 4.39. The molecule has 0 radical (unpaired) electrons. The third kappa shape index (κ3) is 3.35. The highest BCUT2D eigenvalue weighted by Crippen LogP contribution is 2.32. The van der Waals surface area contributed by atoms with E-state index >= 15 is 0 Å². The first-order valence-corrected chi connectivity index (χ1v) is 9.37. The number of fused-ring (bicyclic) bond motifs is 1. The van der Waals surface area contributed by atoms with E-state index in [1.54, 1.807) is 6.92 Å². The van der Waals surface area contributed by atoms with Crippen LogP contribution < -0.4 is 15.4 Å². The van der Waals surface area contributed by atoms with E-state index in [2.05, 4.69) is 4.98 Å². The monoisotopic (exact) mass is 371 g/mol. The molecule has 1 atom stereocenters. The molecule has 0 saturated carbocycles. The van der Waals surface area contributed by atoms with Crippen molar-refractivity contribution >= 4 is 27.5 Å². The van der Waals surface area contributed by atoms with E-state index in [1.807, 2.05) is 36.6 Å². The first-order chi connectivity index (χ1) is 12.6. The van der Waals surface area contributed by atoms with Gasteiger partial charge in [0.15, 0.2) is 0 Å². The Labute approximate surface area is 154 Å². The lowest BCUT2D eigenvalue weighted by molar-refractivity contribution is -0.310. The minimum absolute atomic E-state index is 0.248. The van der Waals surface area contributed by atoms with Gasteiger partial charge >= 0.3 is 0 Å². The Kier molecular flexibility index (Phi) is 5.37. The van der Waals surface area contributed by atoms with Crippen LogP contribution in [0.3, 0.4) is 0 Å². The number of carbonyl (C=O) groups excluding carboxylic acids is 1. The molecule has 0 amide bonds. The molecule has 0 bridgehead atoms.